The molecular formula is C16H16ClNO3S. The van der Waals surface area contributed by atoms with E-state index in [2.05, 4.69) is 4.99 Å². The lowest BCUT2D eigenvalue weighted by Gasteiger charge is -2.03. The molecule has 0 aliphatic rings. The molecule has 0 saturated carbocycles. The lowest BCUT2D eigenvalue weighted by atomic mass is 10.1. The van der Waals surface area contributed by atoms with Gasteiger partial charge in [-0.1, -0.05) is 11.6 Å². The molecule has 0 saturated heterocycles. The van der Waals surface area contributed by atoms with Gasteiger partial charge in [0.2, 0.25) is 0 Å². The fraction of sp³-hybridized carbons (Fsp3) is 0.250. The highest BCUT2D eigenvalue weighted by Crippen LogP contribution is 2.35. The van der Waals surface area contributed by atoms with Crippen molar-refractivity contribution >= 4 is 40.1 Å². The number of ether oxygens (including phenoxy) is 1. The molecular weight excluding hydrogens is 322 g/mol. The predicted octanol–water partition coefficient (Wildman–Crippen LogP) is 4.65. The first kappa shape index (κ1) is 16.5. The molecule has 116 valence electrons. The van der Waals surface area contributed by atoms with E-state index in [1.165, 1.54) is 23.6 Å². The highest BCUT2D eigenvalue weighted by Gasteiger charge is 2.20. The van der Waals surface area contributed by atoms with Crippen LogP contribution in [0.3, 0.4) is 0 Å². The van der Waals surface area contributed by atoms with Crippen LogP contribution in [0.1, 0.15) is 33.3 Å². The van der Waals surface area contributed by atoms with Crippen LogP contribution in [0.4, 0.5) is 5.00 Å². The molecule has 0 radical (unpaired) electrons. The number of aliphatic imine (C=N–C) groups is 1. The summed E-state index contributed by atoms with van der Waals surface area (Å²) in [6.45, 7) is 5.87. The average molecular weight is 338 g/mol. The molecule has 1 aromatic carbocycles. The van der Waals surface area contributed by atoms with Crippen LogP contribution in [0.2, 0.25) is 5.02 Å². The highest BCUT2D eigenvalue weighted by atomic mass is 35.5. The van der Waals surface area contributed by atoms with Gasteiger partial charge in [-0.15, -0.1) is 11.3 Å². The Bertz CT molecular complexity index is 737. The summed E-state index contributed by atoms with van der Waals surface area (Å²) in [5, 5.41) is 10.9. The summed E-state index contributed by atoms with van der Waals surface area (Å²) in [7, 11) is 0. The zero-order valence-electron chi connectivity index (χ0n) is 12.5. The quantitative estimate of drug-likeness (QED) is 0.652. The normalized spacial score (nSPS) is 11.1. The molecule has 1 heterocycles. The number of nitrogens with zero attached hydrogens (tertiary/aromatic N) is 1. The molecule has 2 rings (SSSR count). The Morgan fingerprint density at radius 1 is 1.45 bits per heavy atom. The van der Waals surface area contributed by atoms with E-state index in [-0.39, 0.29) is 11.7 Å². The van der Waals surface area contributed by atoms with Crippen molar-refractivity contribution in [1.82, 2.24) is 0 Å². The molecule has 0 amide bonds. The van der Waals surface area contributed by atoms with Crippen LogP contribution in [0.5, 0.6) is 5.75 Å². The summed E-state index contributed by atoms with van der Waals surface area (Å²) in [5.74, 6) is -0.303. The van der Waals surface area contributed by atoms with E-state index in [9.17, 15) is 9.90 Å². The molecule has 0 bridgehead atoms. The van der Waals surface area contributed by atoms with Crippen LogP contribution in [0, 0.1) is 13.8 Å². The van der Waals surface area contributed by atoms with Crippen molar-refractivity contribution in [1.29, 1.82) is 0 Å². The van der Waals surface area contributed by atoms with Gasteiger partial charge in [0.1, 0.15) is 10.8 Å². The standard InChI is InChI=1S/C16H16ClNO3S/c1-4-21-16(20)14-9(2)10(3)22-15(14)18-8-11-7-12(17)5-6-13(11)19/h5-8,19H,4H2,1-3H3. The SMILES string of the molecule is CCOC(=O)c1c(N=Cc2cc(Cl)ccc2O)sc(C)c1C. The third-order valence-corrected chi connectivity index (χ3v) is 4.51. The van der Waals surface area contributed by atoms with Gasteiger partial charge < -0.3 is 9.84 Å². The van der Waals surface area contributed by atoms with Crippen LogP contribution in [0.25, 0.3) is 0 Å². The van der Waals surface area contributed by atoms with Gasteiger partial charge >= 0.3 is 5.97 Å². The topological polar surface area (TPSA) is 58.9 Å². The van der Waals surface area contributed by atoms with Gasteiger partial charge in [-0.05, 0) is 44.5 Å². The lowest BCUT2D eigenvalue weighted by Crippen LogP contribution is -2.05. The zero-order valence-corrected chi connectivity index (χ0v) is 14.1. The molecule has 4 nitrogen and oxygen atoms in total. The number of rotatable bonds is 4. The number of aromatic hydroxyl groups is 1. The van der Waals surface area contributed by atoms with Crippen molar-refractivity contribution in [3.05, 3.63) is 44.8 Å². The first-order valence-corrected chi connectivity index (χ1v) is 7.93. The Balaban J connectivity index is 2.41. The van der Waals surface area contributed by atoms with Crippen LogP contribution in [-0.2, 0) is 4.74 Å². The second-order valence-electron chi connectivity index (χ2n) is 4.65. The Morgan fingerprint density at radius 3 is 2.86 bits per heavy atom. The maximum atomic E-state index is 12.1. The highest BCUT2D eigenvalue weighted by molar-refractivity contribution is 7.16. The Hall–Kier alpha value is -1.85. The fourth-order valence-electron chi connectivity index (χ4n) is 1.90. The van der Waals surface area contributed by atoms with Crippen LogP contribution in [-0.4, -0.2) is 23.9 Å². The van der Waals surface area contributed by atoms with Crippen LogP contribution in [0.15, 0.2) is 23.2 Å². The molecule has 1 aromatic heterocycles. The number of aryl methyl sites for hydroxylation is 1. The number of carbonyl (C=O) groups excluding carboxylic acids is 1. The fourth-order valence-corrected chi connectivity index (χ4v) is 3.07. The number of phenols is 1. The van der Waals surface area contributed by atoms with Crippen LogP contribution < -0.4 is 0 Å². The maximum absolute atomic E-state index is 12.1. The lowest BCUT2D eigenvalue weighted by molar-refractivity contribution is 0.0527. The summed E-state index contributed by atoms with van der Waals surface area (Å²) in [6.07, 6.45) is 1.49. The van der Waals surface area contributed by atoms with E-state index >= 15 is 0 Å². The first-order valence-electron chi connectivity index (χ1n) is 6.73. The van der Waals surface area contributed by atoms with Crippen molar-refractivity contribution in [2.75, 3.05) is 6.61 Å². The Morgan fingerprint density at radius 2 is 2.18 bits per heavy atom. The largest absolute Gasteiger partial charge is 0.507 e. The van der Waals surface area contributed by atoms with E-state index in [4.69, 9.17) is 16.3 Å². The summed E-state index contributed by atoms with van der Waals surface area (Å²) in [6, 6.07) is 4.70. The minimum absolute atomic E-state index is 0.0795. The Kier molecular flexibility index (Phi) is 5.21. The third-order valence-electron chi connectivity index (χ3n) is 3.16. The van der Waals surface area contributed by atoms with Crippen molar-refractivity contribution in [3.63, 3.8) is 0 Å². The van der Waals surface area contributed by atoms with Crippen molar-refractivity contribution < 1.29 is 14.6 Å². The van der Waals surface area contributed by atoms with E-state index in [1.807, 2.05) is 13.8 Å². The molecule has 6 heteroatoms. The number of benzene rings is 1. The van der Waals surface area contributed by atoms with Crippen molar-refractivity contribution in [2.24, 2.45) is 4.99 Å². The minimum atomic E-state index is -0.383. The van der Waals surface area contributed by atoms with Gasteiger partial charge in [-0.3, -0.25) is 0 Å². The molecule has 0 aliphatic heterocycles. The van der Waals surface area contributed by atoms with E-state index in [0.717, 1.165) is 10.4 Å². The molecule has 0 aliphatic carbocycles. The monoisotopic (exact) mass is 337 g/mol. The molecule has 0 unspecified atom stereocenters. The van der Waals surface area contributed by atoms with Crippen LogP contribution >= 0.6 is 22.9 Å². The average Bonchev–Trinajstić information content (AvgIpc) is 2.75. The third kappa shape index (κ3) is 3.48. The van der Waals surface area contributed by atoms with Crippen molar-refractivity contribution in [2.45, 2.75) is 20.8 Å². The van der Waals surface area contributed by atoms with Gasteiger partial charge in [-0.25, -0.2) is 9.79 Å². The van der Waals surface area contributed by atoms with Gasteiger partial charge in [0.25, 0.3) is 0 Å². The molecule has 0 spiro atoms. The van der Waals surface area contributed by atoms with E-state index < -0.39 is 0 Å². The molecule has 1 N–H and O–H groups in total. The van der Waals surface area contributed by atoms with Gasteiger partial charge in [0.05, 0.1) is 12.2 Å². The first-order chi connectivity index (χ1) is 10.4. The molecule has 22 heavy (non-hydrogen) atoms. The van der Waals surface area contributed by atoms with Crippen molar-refractivity contribution in [3.8, 4) is 5.75 Å². The number of esters is 1. The van der Waals surface area contributed by atoms with Gasteiger partial charge in [0, 0.05) is 21.7 Å². The van der Waals surface area contributed by atoms with E-state index in [1.54, 1.807) is 19.1 Å². The second kappa shape index (κ2) is 6.94. The maximum Gasteiger partial charge on any atom is 0.341 e. The van der Waals surface area contributed by atoms with Gasteiger partial charge in [-0.2, -0.15) is 0 Å². The molecule has 0 atom stereocenters. The summed E-state index contributed by atoms with van der Waals surface area (Å²) in [5.41, 5.74) is 1.83. The molecule has 2 aromatic rings. The number of carbonyl (C=O) groups is 1. The number of thiophene rings is 1. The number of halogens is 1. The smallest absolute Gasteiger partial charge is 0.341 e. The minimum Gasteiger partial charge on any atom is -0.507 e. The predicted molar refractivity (Wildman–Crippen MR) is 90.1 cm³/mol. The zero-order chi connectivity index (χ0) is 16.3. The summed E-state index contributed by atoms with van der Waals surface area (Å²) >= 11 is 7.32. The summed E-state index contributed by atoms with van der Waals surface area (Å²) < 4.78 is 5.08. The number of phenolic OH excluding ortho intramolecular Hbond substituents is 1. The molecule has 0 fully saturated rings. The number of hydrogen-bond donors (Lipinski definition) is 1. The Labute approximate surface area is 138 Å². The van der Waals surface area contributed by atoms with Gasteiger partial charge in [0.15, 0.2) is 0 Å². The second-order valence-corrected chi connectivity index (χ2v) is 6.28. The summed E-state index contributed by atoms with van der Waals surface area (Å²) in [4.78, 5) is 17.4. The van der Waals surface area contributed by atoms with E-state index in [0.29, 0.717) is 27.8 Å². The number of hydrogen-bond acceptors (Lipinski definition) is 5.